The number of aromatic hydroxyl groups is 1. The van der Waals surface area contributed by atoms with Gasteiger partial charge in [0.15, 0.2) is 0 Å². The van der Waals surface area contributed by atoms with Crippen LogP contribution < -0.4 is 16.2 Å². The zero-order valence-electron chi connectivity index (χ0n) is 30.9. The van der Waals surface area contributed by atoms with Gasteiger partial charge in [0.1, 0.15) is 11.2 Å². The Kier molecular flexibility index (Phi) is 10.2. The fraction of sp³-hybridized carbons (Fsp3) is 0.318. The molecule has 2 bridgehead atoms. The van der Waals surface area contributed by atoms with Crippen molar-refractivity contribution in [1.29, 1.82) is 0 Å². The molecule has 0 spiro atoms. The number of amides is 2. The molecule has 2 unspecified atom stereocenters. The Balaban J connectivity index is 0.866. The molecule has 4 fully saturated rings. The lowest BCUT2D eigenvalue weighted by molar-refractivity contribution is -0.162. The number of fused-ring (bicyclic) bond motifs is 4. The molecule has 0 aliphatic carbocycles. The monoisotopic (exact) mass is 755 g/mol. The van der Waals surface area contributed by atoms with Gasteiger partial charge >= 0.3 is 5.97 Å². The fourth-order valence-corrected chi connectivity index (χ4v) is 9.09. The molecule has 12 nitrogen and oxygen atoms in total. The Hall–Kier alpha value is -5.82. The van der Waals surface area contributed by atoms with Crippen LogP contribution >= 0.6 is 0 Å². The molecule has 56 heavy (non-hydrogen) atoms. The smallest absolute Gasteiger partial charge is 0.318 e. The number of carbonyl (C=O) groups is 3. The van der Waals surface area contributed by atoms with Gasteiger partial charge in [0.05, 0.1) is 17.7 Å². The Morgan fingerprint density at radius 3 is 2.18 bits per heavy atom. The van der Waals surface area contributed by atoms with Crippen LogP contribution in [0.1, 0.15) is 61.9 Å². The summed E-state index contributed by atoms with van der Waals surface area (Å²) in [5, 5.41) is 38.4. The second-order valence-electron chi connectivity index (χ2n) is 15.3. The first-order valence-corrected chi connectivity index (χ1v) is 19.1. The number of aliphatic carboxylic acids is 1. The molecule has 1 aromatic heterocycles. The number of nitrogens with one attached hydrogen (secondary N) is 3. The minimum Gasteiger partial charge on any atom is -0.506 e. The van der Waals surface area contributed by atoms with E-state index in [4.69, 9.17) is 0 Å². The maximum atomic E-state index is 14.1. The quantitative estimate of drug-likeness (QED) is 0.109. The summed E-state index contributed by atoms with van der Waals surface area (Å²) in [6.45, 7) is 3.95. The zero-order valence-corrected chi connectivity index (χ0v) is 30.9. The summed E-state index contributed by atoms with van der Waals surface area (Å²) < 4.78 is 0. The largest absolute Gasteiger partial charge is 0.506 e. The predicted molar refractivity (Wildman–Crippen MR) is 210 cm³/mol. The van der Waals surface area contributed by atoms with Gasteiger partial charge in [0, 0.05) is 55.3 Å². The van der Waals surface area contributed by atoms with Gasteiger partial charge in [-0.1, -0.05) is 60.7 Å². The lowest BCUT2D eigenvalue weighted by Crippen LogP contribution is -2.76. The van der Waals surface area contributed by atoms with Crippen LogP contribution in [-0.2, 0) is 23.3 Å². The first-order chi connectivity index (χ1) is 27.1. The van der Waals surface area contributed by atoms with Crippen molar-refractivity contribution in [2.45, 2.75) is 43.5 Å². The van der Waals surface area contributed by atoms with Crippen LogP contribution in [0.25, 0.3) is 10.9 Å². The molecule has 4 atom stereocenters. The van der Waals surface area contributed by atoms with Gasteiger partial charge in [-0.2, -0.15) is 0 Å². The molecule has 6 N–H and O–H groups in total. The number of pyridine rings is 1. The number of phenols is 1. The molecule has 4 saturated heterocycles. The molecule has 12 heteroatoms. The molecule has 0 saturated carbocycles. The highest BCUT2D eigenvalue weighted by atomic mass is 16.4. The zero-order chi connectivity index (χ0) is 39.0. The third-order valence-corrected chi connectivity index (χ3v) is 12.1. The van der Waals surface area contributed by atoms with Crippen molar-refractivity contribution in [1.82, 2.24) is 25.4 Å². The summed E-state index contributed by atoms with van der Waals surface area (Å²) in [6, 6.07) is 29.2. The average molecular weight is 756 g/mol. The van der Waals surface area contributed by atoms with E-state index in [1.807, 2.05) is 54.6 Å². The van der Waals surface area contributed by atoms with E-state index in [-0.39, 0.29) is 47.6 Å². The number of nitrogens with zero attached hydrogens (tertiary/aromatic N) is 2. The Bertz CT molecular complexity index is 2310. The van der Waals surface area contributed by atoms with Crippen molar-refractivity contribution in [3.8, 4) is 5.75 Å². The molecule has 5 heterocycles. The normalized spacial score (nSPS) is 23.3. The predicted octanol–water partition coefficient (Wildman–Crippen LogP) is 4.18. The number of phenolic OH excluding ortho intramolecular Hbond substituents is 1. The van der Waals surface area contributed by atoms with E-state index in [1.54, 1.807) is 41.3 Å². The van der Waals surface area contributed by atoms with Gasteiger partial charge < -0.3 is 40.7 Å². The fourth-order valence-electron chi connectivity index (χ4n) is 9.09. The average Bonchev–Trinajstić information content (AvgIpc) is 3.21. The second-order valence-corrected chi connectivity index (χ2v) is 15.3. The molecular weight excluding hydrogens is 711 g/mol. The van der Waals surface area contributed by atoms with E-state index < -0.39 is 23.5 Å². The third-order valence-electron chi connectivity index (χ3n) is 12.1. The Morgan fingerprint density at radius 2 is 1.52 bits per heavy atom. The SMILES string of the molecule is O=C(NCc1ccc(CNC[C@H](O)c2ccc(O)c3[nH]c(=O)ccc23)cc1)c1ccc(C(=O)N2CC(C(=O)O)(c3ccccc3)[C@H]2C2CN3CCC2CC3)cc1. The Labute approximate surface area is 323 Å². The number of H-pyrrole nitrogens is 1. The van der Waals surface area contributed by atoms with Crippen molar-refractivity contribution in [3.05, 3.63) is 147 Å². The van der Waals surface area contributed by atoms with Crippen LogP contribution in [0.2, 0.25) is 0 Å². The number of benzene rings is 4. The second kappa shape index (κ2) is 15.4. The highest BCUT2D eigenvalue weighted by Gasteiger charge is 2.64. The van der Waals surface area contributed by atoms with E-state index in [2.05, 4.69) is 20.5 Å². The standard InChI is InChI=1S/C44H45N5O7/c50-36-16-14-33(34-15-17-38(52)47-39(34)36)37(51)24-45-22-27-6-8-28(9-7-27)23-46-41(53)30-10-12-31(13-11-30)42(54)49-26-44(43(55)56,32-4-2-1-3-5-32)40(49)35-25-48-20-18-29(35)19-21-48/h1-17,29,35,37,40,45,50-51H,18-26H2,(H,46,53)(H,47,52)(H,55,56)/t35?,37-,40+,44?/m0/s1. The van der Waals surface area contributed by atoms with Crippen molar-refractivity contribution < 1.29 is 29.7 Å². The third kappa shape index (κ3) is 6.95. The van der Waals surface area contributed by atoms with Gasteiger partial charge in [-0.05, 0) is 96.4 Å². The minimum absolute atomic E-state index is 0.0577. The first-order valence-electron chi connectivity index (χ1n) is 19.1. The van der Waals surface area contributed by atoms with Crippen molar-refractivity contribution in [2.24, 2.45) is 11.8 Å². The summed E-state index contributed by atoms with van der Waals surface area (Å²) in [4.78, 5) is 58.8. The van der Waals surface area contributed by atoms with Gasteiger partial charge in [-0.3, -0.25) is 19.2 Å². The molecular formula is C44H45N5O7. The highest BCUT2D eigenvalue weighted by Crippen LogP contribution is 2.50. The van der Waals surface area contributed by atoms with Crippen LogP contribution in [0.15, 0.2) is 108 Å². The first kappa shape index (κ1) is 37.1. The molecule has 288 valence electrons. The van der Waals surface area contributed by atoms with Crippen molar-refractivity contribution >= 4 is 28.7 Å². The number of likely N-dealkylation sites (tertiary alicyclic amines) is 1. The summed E-state index contributed by atoms with van der Waals surface area (Å²) in [5.41, 5.74) is 2.80. The number of hydrogen-bond donors (Lipinski definition) is 6. The summed E-state index contributed by atoms with van der Waals surface area (Å²) in [6.07, 6.45) is 1.15. The molecule has 0 radical (unpaired) electrons. The van der Waals surface area contributed by atoms with Gasteiger partial charge in [-0.15, -0.1) is 0 Å². The topological polar surface area (TPSA) is 175 Å². The van der Waals surface area contributed by atoms with E-state index in [9.17, 15) is 34.5 Å². The number of aliphatic hydroxyl groups excluding tert-OH is 1. The number of aromatic amines is 1. The van der Waals surface area contributed by atoms with E-state index in [0.29, 0.717) is 41.1 Å². The molecule has 9 rings (SSSR count). The highest BCUT2D eigenvalue weighted by molar-refractivity contribution is 6.00. The van der Waals surface area contributed by atoms with Crippen LogP contribution in [0.3, 0.4) is 0 Å². The number of piperidine rings is 3. The van der Waals surface area contributed by atoms with Crippen LogP contribution in [0.5, 0.6) is 5.75 Å². The number of carboxylic acids is 1. The Morgan fingerprint density at radius 1 is 0.839 bits per heavy atom. The number of aromatic nitrogens is 1. The van der Waals surface area contributed by atoms with Gasteiger partial charge in [-0.25, -0.2) is 0 Å². The number of rotatable bonds is 12. The number of carboxylic acid groups (broad SMARTS) is 1. The molecule has 2 amide bonds. The number of carbonyl (C=O) groups excluding carboxylic acids is 2. The lowest BCUT2D eigenvalue weighted by atomic mass is 9.58. The lowest BCUT2D eigenvalue weighted by Gasteiger charge is -2.61. The van der Waals surface area contributed by atoms with Crippen LogP contribution in [-0.4, -0.2) is 86.7 Å². The molecule has 4 aliphatic heterocycles. The van der Waals surface area contributed by atoms with Gasteiger partial charge in [0.25, 0.3) is 11.8 Å². The maximum Gasteiger partial charge on any atom is 0.318 e. The summed E-state index contributed by atoms with van der Waals surface area (Å²) >= 11 is 0. The molecule has 4 aromatic carbocycles. The van der Waals surface area contributed by atoms with Crippen LogP contribution in [0.4, 0.5) is 0 Å². The van der Waals surface area contributed by atoms with E-state index >= 15 is 0 Å². The molecule has 4 aliphatic rings. The molecule has 5 aromatic rings. The van der Waals surface area contributed by atoms with E-state index in [1.165, 1.54) is 12.1 Å². The van der Waals surface area contributed by atoms with Gasteiger partial charge in [0.2, 0.25) is 5.56 Å². The summed E-state index contributed by atoms with van der Waals surface area (Å²) in [5.74, 6) is -1.03. The van der Waals surface area contributed by atoms with Crippen molar-refractivity contribution in [2.75, 3.05) is 32.7 Å². The van der Waals surface area contributed by atoms with E-state index in [0.717, 1.165) is 49.2 Å². The number of aliphatic hydroxyl groups is 1. The van der Waals surface area contributed by atoms with Crippen LogP contribution in [0, 0.1) is 11.8 Å². The maximum absolute atomic E-state index is 14.1. The minimum atomic E-state index is -1.17. The summed E-state index contributed by atoms with van der Waals surface area (Å²) in [7, 11) is 0. The number of hydrogen-bond acceptors (Lipinski definition) is 8. The van der Waals surface area contributed by atoms with Crippen molar-refractivity contribution in [3.63, 3.8) is 0 Å².